The maximum Gasteiger partial charge on any atom is 0.320 e. The van der Waals surface area contributed by atoms with Gasteiger partial charge >= 0.3 is 5.97 Å². The highest BCUT2D eigenvalue weighted by atomic mass is 16.4. The van der Waals surface area contributed by atoms with Gasteiger partial charge in [0.25, 0.3) is 0 Å². The summed E-state index contributed by atoms with van der Waals surface area (Å²) in [6.07, 6.45) is 0. The van der Waals surface area contributed by atoms with Gasteiger partial charge in [-0.25, -0.2) is 0 Å². The van der Waals surface area contributed by atoms with Crippen molar-refractivity contribution in [2.24, 2.45) is 0 Å². The molecular weight excluding hydrogens is 242 g/mol. The van der Waals surface area contributed by atoms with Gasteiger partial charge in [0.15, 0.2) is 0 Å². The Morgan fingerprint density at radius 3 is 2.58 bits per heavy atom. The van der Waals surface area contributed by atoms with Gasteiger partial charge in [-0.2, -0.15) is 0 Å². The molecule has 0 saturated heterocycles. The van der Waals surface area contributed by atoms with Crippen molar-refractivity contribution in [1.82, 2.24) is 5.32 Å². The number of aliphatic carboxylic acids is 1. The molecule has 0 aliphatic heterocycles. The second-order valence-corrected chi connectivity index (χ2v) is 4.57. The Hall–Kier alpha value is -2.07. The van der Waals surface area contributed by atoms with E-state index in [0.29, 0.717) is 6.54 Å². The van der Waals surface area contributed by atoms with E-state index < -0.39 is 12.0 Å². The van der Waals surface area contributed by atoms with E-state index >= 15 is 0 Å². The summed E-state index contributed by atoms with van der Waals surface area (Å²) in [7, 11) is 0. The highest BCUT2D eigenvalue weighted by Gasteiger charge is 2.11. The van der Waals surface area contributed by atoms with Gasteiger partial charge in [0.1, 0.15) is 17.6 Å². The van der Waals surface area contributed by atoms with Gasteiger partial charge in [-0.05, 0) is 26.0 Å². The Bertz CT molecular complexity index is 557. The van der Waals surface area contributed by atoms with Gasteiger partial charge in [-0.3, -0.25) is 10.1 Å². The minimum atomic E-state index is -0.870. The average Bonchev–Trinajstić information content (AvgIpc) is 2.85. The van der Waals surface area contributed by atoms with Crippen molar-refractivity contribution in [3.8, 4) is 11.3 Å². The molecule has 0 amide bonds. The van der Waals surface area contributed by atoms with Crippen molar-refractivity contribution in [3.05, 3.63) is 47.7 Å². The number of furan rings is 1. The zero-order chi connectivity index (χ0) is 13.8. The standard InChI is InChI=1S/C15H17NO3/c1-10-3-5-12(6-4-10)14-8-7-13(19-14)9-16-11(2)15(17)18/h3-8,11,16H,9H2,1-2H3,(H,17,18). The smallest absolute Gasteiger partial charge is 0.320 e. The van der Waals surface area contributed by atoms with Crippen molar-refractivity contribution >= 4 is 5.97 Å². The SMILES string of the molecule is Cc1ccc(-c2ccc(CNC(C)C(=O)O)o2)cc1. The number of carbonyl (C=O) groups is 1. The van der Waals surface area contributed by atoms with Crippen LogP contribution < -0.4 is 5.32 Å². The lowest BCUT2D eigenvalue weighted by molar-refractivity contribution is -0.139. The van der Waals surface area contributed by atoms with Crippen LogP contribution in [0.3, 0.4) is 0 Å². The molecule has 1 heterocycles. The van der Waals surface area contributed by atoms with Crippen LogP contribution in [0, 0.1) is 6.92 Å². The molecule has 2 aromatic rings. The molecule has 0 fully saturated rings. The minimum Gasteiger partial charge on any atom is -0.480 e. The Morgan fingerprint density at radius 2 is 1.95 bits per heavy atom. The molecule has 0 aliphatic carbocycles. The Labute approximate surface area is 112 Å². The fraction of sp³-hybridized carbons (Fsp3) is 0.267. The van der Waals surface area contributed by atoms with Crippen molar-refractivity contribution in [2.45, 2.75) is 26.4 Å². The van der Waals surface area contributed by atoms with Gasteiger partial charge in [-0.15, -0.1) is 0 Å². The molecule has 1 aromatic carbocycles. The lowest BCUT2D eigenvalue weighted by Gasteiger charge is -2.06. The number of hydrogen-bond acceptors (Lipinski definition) is 3. The topological polar surface area (TPSA) is 62.5 Å². The second kappa shape index (κ2) is 5.71. The summed E-state index contributed by atoms with van der Waals surface area (Å²) in [5.41, 5.74) is 2.22. The van der Waals surface area contributed by atoms with Gasteiger partial charge in [0, 0.05) is 5.56 Å². The highest BCUT2D eigenvalue weighted by molar-refractivity contribution is 5.72. The molecule has 0 bridgehead atoms. The molecule has 1 unspecified atom stereocenters. The fourth-order valence-corrected chi connectivity index (χ4v) is 1.69. The largest absolute Gasteiger partial charge is 0.480 e. The number of carboxylic acid groups (broad SMARTS) is 1. The van der Waals surface area contributed by atoms with E-state index in [-0.39, 0.29) is 0 Å². The maximum atomic E-state index is 10.7. The number of carboxylic acids is 1. The van der Waals surface area contributed by atoms with Crippen molar-refractivity contribution in [1.29, 1.82) is 0 Å². The normalized spacial score (nSPS) is 12.3. The van der Waals surface area contributed by atoms with Gasteiger partial charge in [0.2, 0.25) is 0 Å². The molecule has 19 heavy (non-hydrogen) atoms. The van der Waals surface area contributed by atoms with E-state index in [1.807, 2.05) is 43.3 Å². The van der Waals surface area contributed by atoms with Crippen LogP contribution in [0.2, 0.25) is 0 Å². The van der Waals surface area contributed by atoms with Gasteiger partial charge in [-0.1, -0.05) is 29.8 Å². The molecule has 4 heteroatoms. The first-order valence-corrected chi connectivity index (χ1v) is 6.18. The predicted molar refractivity (Wildman–Crippen MR) is 72.8 cm³/mol. The summed E-state index contributed by atoms with van der Waals surface area (Å²) in [5, 5.41) is 11.7. The van der Waals surface area contributed by atoms with Crippen molar-refractivity contribution in [3.63, 3.8) is 0 Å². The summed E-state index contributed by atoms with van der Waals surface area (Å²) in [6, 6.07) is 11.2. The molecule has 4 nitrogen and oxygen atoms in total. The maximum absolute atomic E-state index is 10.7. The third kappa shape index (κ3) is 3.45. The third-order valence-corrected chi connectivity index (χ3v) is 2.95. The highest BCUT2D eigenvalue weighted by Crippen LogP contribution is 2.22. The number of nitrogens with one attached hydrogen (secondary N) is 1. The first kappa shape index (κ1) is 13.4. The van der Waals surface area contributed by atoms with E-state index in [2.05, 4.69) is 5.32 Å². The van der Waals surface area contributed by atoms with E-state index in [0.717, 1.165) is 17.1 Å². The summed E-state index contributed by atoms with van der Waals surface area (Å²) < 4.78 is 5.68. The van der Waals surface area contributed by atoms with E-state index in [4.69, 9.17) is 9.52 Å². The van der Waals surface area contributed by atoms with E-state index in [1.54, 1.807) is 6.92 Å². The van der Waals surface area contributed by atoms with Crippen LogP contribution in [0.5, 0.6) is 0 Å². The monoisotopic (exact) mass is 259 g/mol. The molecule has 0 spiro atoms. The number of aryl methyl sites for hydroxylation is 1. The summed E-state index contributed by atoms with van der Waals surface area (Å²) in [6.45, 7) is 4.04. The lowest BCUT2D eigenvalue weighted by Crippen LogP contribution is -2.32. The lowest BCUT2D eigenvalue weighted by atomic mass is 10.1. The molecule has 2 N–H and O–H groups in total. The van der Waals surface area contributed by atoms with Crippen LogP contribution in [0.25, 0.3) is 11.3 Å². The minimum absolute atomic E-state index is 0.402. The number of benzene rings is 1. The first-order chi connectivity index (χ1) is 9.06. The molecule has 2 rings (SSSR count). The zero-order valence-electron chi connectivity index (χ0n) is 11.0. The summed E-state index contributed by atoms with van der Waals surface area (Å²) in [5.74, 6) is 0.647. The molecule has 100 valence electrons. The summed E-state index contributed by atoms with van der Waals surface area (Å²) >= 11 is 0. The Kier molecular flexibility index (Phi) is 4.02. The van der Waals surface area contributed by atoms with Crippen LogP contribution in [-0.2, 0) is 11.3 Å². The van der Waals surface area contributed by atoms with Crippen LogP contribution in [0.1, 0.15) is 18.2 Å². The van der Waals surface area contributed by atoms with Gasteiger partial charge in [0.05, 0.1) is 6.54 Å². The molecule has 1 aromatic heterocycles. The third-order valence-electron chi connectivity index (χ3n) is 2.95. The molecule has 0 saturated carbocycles. The average molecular weight is 259 g/mol. The van der Waals surface area contributed by atoms with E-state index in [1.165, 1.54) is 5.56 Å². The van der Waals surface area contributed by atoms with Crippen molar-refractivity contribution in [2.75, 3.05) is 0 Å². The van der Waals surface area contributed by atoms with Crippen LogP contribution in [-0.4, -0.2) is 17.1 Å². The quantitative estimate of drug-likeness (QED) is 0.866. The van der Waals surface area contributed by atoms with E-state index in [9.17, 15) is 4.79 Å². The van der Waals surface area contributed by atoms with Crippen LogP contribution in [0.15, 0.2) is 40.8 Å². The summed E-state index contributed by atoms with van der Waals surface area (Å²) in [4.78, 5) is 10.7. The van der Waals surface area contributed by atoms with Gasteiger partial charge < -0.3 is 9.52 Å². The molecule has 0 aliphatic rings. The Morgan fingerprint density at radius 1 is 1.26 bits per heavy atom. The molecule has 1 atom stereocenters. The number of rotatable bonds is 5. The van der Waals surface area contributed by atoms with Crippen molar-refractivity contribution < 1.29 is 14.3 Å². The molecule has 0 radical (unpaired) electrons. The van der Waals surface area contributed by atoms with Crippen LogP contribution >= 0.6 is 0 Å². The molecular formula is C15H17NO3. The Balaban J connectivity index is 2.03. The predicted octanol–water partition coefficient (Wildman–Crippen LogP) is 2.82. The fourth-order valence-electron chi connectivity index (χ4n) is 1.69. The second-order valence-electron chi connectivity index (χ2n) is 4.57. The first-order valence-electron chi connectivity index (χ1n) is 6.18. The number of hydrogen-bond donors (Lipinski definition) is 2. The zero-order valence-corrected chi connectivity index (χ0v) is 11.0. The van der Waals surface area contributed by atoms with Crippen LogP contribution in [0.4, 0.5) is 0 Å².